The van der Waals surface area contributed by atoms with Crippen molar-refractivity contribution in [2.45, 2.75) is 76.9 Å². The fourth-order valence-electron chi connectivity index (χ4n) is 5.24. The van der Waals surface area contributed by atoms with Gasteiger partial charge in [-0.25, -0.2) is 4.79 Å². The zero-order valence-electron chi connectivity index (χ0n) is 16.8. The summed E-state index contributed by atoms with van der Waals surface area (Å²) in [5, 5.41) is 29.8. The third kappa shape index (κ3) is 5.06. The van der Waals surface area contributed by atoms with Crippen LogP contribution in [0.4, 0.5) is 0 Å². The molecule has 1 aromatic carbocycles. The maximum absolute atomic E-state index is 10.8. The molecule has 2 aliphatic carbocycles. The van der Waals surface area contributed by atoms with E-state index in [1.54, 1.807) is 0 Å². The number of carboxylic acid groups (broad SMARTS) is 1. The average Bonchev–Trinajstić information content (AvgIpc) is 2.97. The highest BCUT2D eigenvalue weighted by Gasteiger charge is 2.44. The van der Waals surface area contributed by atoms with Gasteiger partial charge in [-0.2, -0.15) is 0 Å². The quantitative estimate of drug-likeness (QED) is 0.532. The van der Waals surface area contributed by atoms with E-state index in [0.717, 1.165) is 63.4 Å². The lowest BCUT2D eigenvalue weighted by molar-refractivity contribution is -0.139. The first-order valence-electron chi connectivity index (χ1n) is 10.8. The van der Waals surface area contributed by atoms with Crippen molar-refractivity contribution >= 4 is 5.97 Å². The molecule has 0 aliphatic heterocycles. The molecule has 0 bridgehead atoms. The molecule has 5 heteroatoms. The molecule has 3 N–H and O–H groups in total. The van der Waals surface area contributed by atoms with Crippen molar-refractivity contribution in [1.29, 1.82) is 0 Å². The molecular formula is C23H34O5. The minimum absolute atomic E-state index is 0.238. The number of carboxylic acids is 1. The van der Waals surface area contributed by atoms with Gasteiger partial charge in [0.1, 0.15) is 5.75 Å². The van der Waals surface area contributed by atoms with Gasteiger partial charge in [0.25, 0.3) is 0 Å². The summed E-state index contributed by atoms with van der Waals surface area (Å²) < 4.78 is 5.50. The lowest BCUT2D eigenvalue weighted by Gasteiger charge is -2.32. The van der Waals surface area contributed by atoms with E-state index in [4.69, 9.17) is 9.84 Å². The standard InChI is InChI=1S/C23H34O5/c1-2-3-4-7-17(24)9-10-18-19-11-15-6-5-8-22(28-14-23(26)27)20(15)12-16(19)13-21(18)25/h5-6,8,16-19,21,24-25H,2-4,7,9-14H2,1H3,(H,26,27)/t16-,17-,18+,19?,21+/m1/s1. The number of carbonyl (C=O) groups is 1. The van der Waals surface area contributed by atoms with Gasteiger partial charge in [-0.05, 0) is 73.5 Å². The van der Waals surface area contributed by atoms with Crippen molar-refractivity contribution in [3.8, 4) is 5.75 Å². The topological polar surface area (TPSA) is 87.0 Å². The Morgan fingerprint density at radius 1 is 1.25 bits per heavy atom. The van der Waals surface area contributed by atoms with E-state index in [-0.39, 0.29) is 24.7 Å². The van der Waals surface area contributed by atoms with Gasteiger partial charge in [0.2, 0.25) is 0 Å². The highest BCUT2D eigenvalue weighted by Crippen LogP contribution is 2.48. The van der Waals surface area contributed by atoms with Gasteiger partial charge in [0.05, 0.1) is 12.2 Å². The molecule has 0 radical (unpaired) electrons. The summed E-state index contributed by atoms with van der Waals surface area (Å²) in [6, 6.07) is 5.87. The fraction of sp³-hybridized carbons (Fsp3) is 0.696. The van der Waals surface area contributed by atoms with E-state index in [9.17, 15) is 15.0 Å². The van der Waals surface area contributed by atoms with E-state index < -0.39 is 5.97 Å². The smallest absolute Gasteiger partial charge is 0.341 e. The molecule has 3 rings (SSSR count). The van der Waals surface area contributed by atoms with Gasteiger partial charge in [0.15, 0.2) is 6.61 Å². The monoisotopic (exact) mass is 390 g/mol. The largest absolute Gasteiger partial charge is 0.482 e. The molecular weight excluding hydrogens is 356 g/mol. The number of aliphatic hydroxyl groups excluding tert-OH is 2. The molecule has 1 aromatic rings. The van der Waals surface area contributed by atoms with Crippen LogP contribution in [0.25, 0.3) is 0 Å². The van der Waals surface area contributed by atoms with Crippen molar-refractivity contribution in [3.05, 3.63) is 29.3 Å². The van der Waals surface area contributed by atoms with Crippen LogP contribution in [0.2, 0.25) is 0 Å². The van der Waals surface area contributed by atoms with E-state index in [1.165, 1.54) is 5.56 Å². The molecule has 28 heavy (non-hydrogen) atoms. The Hall–Kier alpha value is -1.59. The Kier molecular flexibility index (Phi) is 7.36. The molecule has 0 spiro atoms. The third-order valence-corrected chi connectivity index (χ3v) is 6.67. The summed E-state index contributed by atoms with van der Waals surface area (Å²) in [7, 11) is 0. The van der Waals surface area contributed by atoms with Crippen LogP contribution in [0.15, 0.2) is 18.2 Å². The van der Waals surface area contributed by atoms with E-state index in [2.05, 4.69) is 13.0 Å². The summed E-state index contributed by atoms with van der Waals surface area (Å²) >= 11 is 0. The van der Waals surface area contributed by atoms with Crippen LogP contribution < -0.4 is 4.74 Å². The highest BCUT2D eigenvalue weighted by atomic mass is 16.5. The van der Waals surface area contributed by atoms with Crippen LogP contribution in [0.5, 0.6) is 5.75 Å². The molecule has 1 saturated carbocycles. The number of fused-ring (bicyclic) bond motifs is 2. The SMILES string of the molecule is CCCCC[C@@H](O)CC[C@H]1C2Cc3cccc(OCC(=O)O)c3C[C@@H]2C[C@@H]1O. The average molecular weight is 391 g/mol. The molecule has 0 aromatic heterocycles. The normalized spacial score (nSPS) is 27.1. The van der Waals surface area contributed by atoms with Gasteiger partial charge >= 0.3 is 5.97 Å². The van der Waals surface area contributed by atoms with Crippen molar-refractivity contribution < 1.29 is 24.9 Å². The first kappa shape index (κ1) is 21.1. The van der Waals surface area contributed by atoms with Gasteiger partial charge in [-0.1, -0.05) is 38.3 Å². The van der Waals surface area contributed by atoms with E-state index in [1.807, 2.05) is 12.1 Å². The summed E-state index contributed by atoms with van der Waals surface area (Å²) in [5.74, 6) is 0.768. The van der Waals surface area contributed by atoms with Gasteiger partial charge < -0.3 is 20.1 Å². The zero-order valence-corrected chi connectivity index (χ0v) is 16.8. The summed E-state index contributed by atoms with van der Waals surface area (Å²) in [4.78, 5) is 10.8. The Balaban J connectivity index is 1.62. The van der Waals surface area contributed by atoms with Crippen LogP contribution >= 0.6 is 0 Å². The molecule has 2 aliphatic rings. The summed E-state index contributed by atoms with van der Waals surface area (Å²) in [6.45, 7) is 1.84. The molecule has 1 fully saturated rings. The minimum atomic E-state index is -0.972. The summed E-state index contributed by atoms with van der Waals surface area (Å²) in [6.07, 6.45) is 7.85. The second kappa shape index (κ2) is 9.75. The predicted molar refractivity (Wildman–Crippen MR) is 107 cm³/mol. The first-order valence-corrected chi connectivity index (χ1v) is 10.8. The lowest BCUT2D eigenvalue weighted by Crippen LogP contribution is -2.28. The zero-order chi connectivity index (χ0) is 20.1. The van der Waals surface area contributed by atoms with Gasteiger partial charge in [0, 0.05) is 0 Å². The maximum atomic E-state index is 10.8. The van der Waals surface area contributed by atoms with Crippen LogP contribution in [0.3, 0.4) is 0 Å². The molecule has 1 unspecified atom stereocenters. The Morgan fingerprint density at radius 2 is 2.07 bits per heavy atom. The molecule has 156 valence electrons. The molecule has 5 atom stereocenters. The van der Waals surface area contributed by atoms with Crippen LogP contribution in [-0.2, 0) is 17.6 Å². The van der Waals surface area contributed by atoms with E-state index in [0.29, 0.717) is 17.6 Å². The second-order valence-corrected chi connectivity index (χ2v) is 8.60. The van der Waals surface area contributed by atoms with Gasteiger partial charge in [-0.15, -0.1) is 0 Å². The van der Waals surface area contributed by atoms with Gasteiger partial charge in [-0.3, -0.25) is 0 Å². The number of rotatable bonds is 10. The van der Waals surface area contributed by atoms with Crippen molar-refractivity contribution in [2.75, 3.05) is 6.61 Å². The Morgan fingerprint density at radius 3 is 2.82 bits per heavy atom. The van der Waals surface area contributed by atoms with Crippen molar-refractivity contribution in [2.24, 2.45) is 17.8 Å². The van der Waals surface area contributed by atoms with Crippen LogP contribution in [0.1, 0.15) is 63.0 Å². The van der Waals surface area contributed by atoms with Crippen LogP contribution in [-0.4, -0.2) is 40.1 Å². The number of aliphatic hydroxyl groups is 2. The highest BCUT2D eigenvalue weighted by molar-refractivity contribution is 5.68. The van der Waals surface area contributed by atoms with E-state index >= 15 is 0 Å². The maximum Gasteiger partial charge on any atom is 0.341 e. The number of aliphatic carboxylic acids is 1. The second-order valence-electron chi connectivity index (χ2n) is 8.60. The molecule has 0 heterocycles. The first-order chi connectivity index (χ1) is 13.5. The van der Waals surface area contributed by atoms with Crippen molar-refractivity contribution in [3.63, 3.8) is 0 Å². The number of unbranched alkanes of at least 4 members (excludes halogenated alkanes) is 2. The summed E-state index contributed by atoms with van der Waals surface area (Å²) in [5.41, 5.74) is 2.32. The fourth-order valence-corrected chi connectivity index (χ4v) is 5.24. The lowest BCUT2D eigenvalue weighted by atomic mass is 9.73. The number of benzene rings is 1. The third-order valence-electron chi connectivity index (χ3n) is 6.67. The molecule has 0 amide bonds. The Labute approximate surface area is 167 Å². The molecule has 5 nitrogen and oxygen atoms in total. The molecule has 0 saturated heterocycles. The van der Waals surface area contributed by atoms with Crippen LogP contribution in [0, 0.1) is 17.8 Å². The number of ether oxygens (including phenoxy) is 1. The number of hydrogen-bond donors (Lipinski definition) is 3. The Bertz CT molecular complexity index is 658. The van der Waals surface area contributed by atoms with Crippen molar-refractivity contribution in [1.82, 2.24) is 0 Å². The minimum Gasteiger partial charge on any atom is -0.482 e. The predicted octanol–water partition coefficient (Wildman–Crippen LogP) is 3.58. The number of hydrogen-bond acceptors (Lipinski definition) is 4.